The third-order valence-electron chi connectivity index (χ3n) is 10.7. The molecule has 1 unspecified atom stereocenters. The van der Waals surface area contributed by atoms with Gasteiger partial charge in [0.1, 0.15) is 5.82 Å². The van der Waals surface area contributed by atoms with Gasteiger partial charge in [-0.25, -0.2) is 4.68 Å². The second-order valence-electron chi connectivity index (χ2n) is 11.9. The third kappa shape index (κ3) is 3.25. The molecule has 0 spiro atoms. The summed E-state index contributed by atoms with van der Waals surface area (Å²) in [6.45, 7) is 10.2. The summed E-state index contributed by atoms with van der Waals surface area (Å²) in [4.78, 5) is 0. The lowest BCUT2D eigenvalue weighted by Crippen LogP contribution is -2.51. The molecule has 4 saturated carbocycles. The summed E-state index contributed by atoms with van der Waals surface area (Å²) in [5.41, 5.74) is 0.133. The van der Waals surface area contributed by atoms with Crippen LogP contribution in [0.2, 0.25) is 0 Å². The number of aromatic nitrogens is 4. The summed E-state index contributed by atoms with van der Waals surface area (Å²) in [6, 6.07) is 0. The fourth-order valence-corrected chi connectivity index (χ4v) is 9.08. The zero-order chi connectivity index (χ0) is 21.1. The summed E-state index contributed by atoms with van der Waals surface area (Å²) in [6.07, 6.45) is 12.8. The Kier molecular flexibility index (Phi) is 5.27. The molecule has 9 atom stereocenters. The van der Waals surface area contributed by atoms with Crippen LogP contribution in [-0.2, 0) is 6.54 Å². The molecule has 0 amide bonds. The number of aliphatic hydroxyl groups is 1. The predicted molar refractivity (Wildman–Crippen MR) is 118 cm³/mol. The molecule has 4 aliphatic carbocycles. The number of hydrogen-bond donors (Lipinski definition) is 1. The van der Waals surface area contributed by atoms with Crippen molar-refractivity contribution in [2.24, 2.45) is 46.8 Å². The highest BCUT2D eigenvalue weighted by Crippen LogP contribution is 2.65. The third-order valence-corrected chi connectivity index (χ3v) is 10.7. The maximum atomic E-state index is 10.9. The molecule has 1 N–H and O–H groups in total. The number of tetrazole rings is 1. The summed E-state index contributed by atoms with van der Waals surface area (Å²) < 4.78 is 2.01. The van der Waals surface area contributed by atoms with Gasteiger partial charge in [-0.15, -0.1) is 5.10 Å². The first-order valence-electron chi connectivity index (χ1n) is 12.8. The Morgan fingerprint density at radius 1 is 1.07 bits per heavy atom. The average Bonchev–Trinajstić information content (AvgIpc) is 3.30. The second-order valence-corrected chi connectivity index (χ2v) is 11.9. The summed E-state index contributed by atoms with van der Waals surface area (Å²) in [5, 5.41) is 23.1. The number of hydrogen-bond acceptors (Lipinski definition) is 4. The van der Waals surface area contributed by atoms with Gasteiger partial charge in [-0.1, -0.05) is 20.8 Å². The van der Waals surface area contributed by atoms with Crippen molar-refractivity contribution < 1.29 is 5.11 Å². The molecule has 168 valence electrons. The fraction of sp³-hybridized carbons (Fsp3) is 0.960. The molecule has 30 heavy (non-hydrogen) atoms. The zero-order valence-electron chi connectivity index (χ0n) is 19.6. The van der Waals surface area contributed by atoms with Crippen LogP contribution in [-0.4, -0.2) is 30.9 Å². The van der Waals surface area contributed by atoms with Crippen LogP contribution in [0.1, 0.15) is 90.8 Å². The van der Waals surface area contributed by atoms with E-state index in [1.165, 1.54) is 44.9 Å². The Hall–Kier alpha value is -0.970. The van der Waals surface area contributed by atoms with Crippen molar-refractivity contribution in [3.8, 4) is 0 Å². The van der Waals surface area contributed by atoms with E-state index in [1.54, 1.807) is 0 Å². The van der Waals surface area contributed by atoms with E-state index in [9.17, 15) is 5.11 Å². The monoisotopic (exact) mass is 414 g/mol. The highest BCUT2D eigenvalue weighted by atomic mass is 16.3. The van der Waals surface area contributed by atoms with Crippen LogP contribution in [0.15, 0.2) is 0 Å². The Bertz CT molecular complexity index is 764. The van der Waals surface area contributed by atoms with Crippen molar-refractivity contribution in [3.05, 3.63) is 5.82 Å². The van der Waals surface area contributed by atoms with E-state index in [4.69, 9.17) is 0 Å². The molecule has 1 aromatic heterocycles. The molecule has 5 heteroatoms. The van der Waals surface area contributed by atoms with Gasteiger partial charge < -0.3 is 5.11 Å². The van der Waals surface area contributed by atoms with Gasteiger partial charge in [0, 0.05) is 6.54 Å². The lowest BCUT2D eigenvalue weighted by molar-refractivity contribution is -0.109. The molecule has 4 fully saturated rings. The van der Waals surface area contributed by atoms with Crippen molar-refractivity contribution in [1.82, 2.24) is 20.2 Å². The molecule has 1 heterocycles. The largest absolute Gasteiger partial charge is 0.390 e. The van der Waals surface area contributed by atoms with E-state index < -0.39 is 0 Å². The molecule has 5 rings (SSSR count). The van der Waals surface area contributed by atoms with Crippen LogP contribution >= 0.6 is 0 Å². The topological polar surface area (TPSA) is 63.8 Å². The zero-order valence-corrected chi connectivity index (χ0v) is 19.6. The minimum absolute atomic E-state index is 0.362. The van der Waals surface area contributed by atoms with Gasteiger partial charge in [0.15, 0.2) is 0 Å². The molecular formula is C25H42N4O. The number of nitrogens with zero attached hydrogens (tertiary/aromatic N) is 4. The first-order chi connectivity index (χ1) is 14.3. The summed E-state index contributed by atoms with van der Waals surface area (Å²) in [5.74, 6) is 6.81. The normalized spacial score (nSPS) is 46.7. The van der Waals surface area contributed by atoms with Crippen LogP contribution in [0.25, 0.3) is 0 Å². The Balaban J connectivity index is 1.30. The number of rotatable bonds is 4. The molecule has 4 aliphatic rings. The minimum atomic E-state index is -0.362. The van der Waals surface area contributed by atoms with Crippen LogP contribution in [0.5, 0.6) is 0 Å². The Morgan fingerprint density at radius 3 is 2.60 bits per heavy atom. The lowest BCUT2D eigenvalue weighted by Gasteiger charge is -2.57. The standard InChI is InChI=1S/C25H42N4O/c1-5-25(30)13-11-19-18(14-25)6-7-21-20(19)10-12-24(4)22(8-9-23(21)24)16(2)15-29-17(3)26-27-28-29/h16,18-23,30H,5-15H2,1-4H3/t16?,18-,19-,20+,21+,22+,23-,24+,25+/m0/s1. The molecule has 0 radical (unpaired) electrons. The Labute approximate surface area is 182 Å². The van der Waals surface area contributed by atoms with Crippen molar-refractivity contribution in [1.29, 1.82) is 0 Å². The van der Waals surface area contributed by atoms with E-state index in [2.05, 4.69) is 36.3 Å². The van der Waals surface area contributed by atoms with Gasteiger partial charge in [0.05, 0.1) is 5.60 Å². The van der Waals surface area contributed by atoms with Gasteiger partial charge in [-0.2, -0.15) is 0 Å². The molecule has 5 nitrogen and oxygen atoms in total. The lowest BCUT2D eigenvalue weighted by atomic mass is 9.48. The van der Waals surface area contributed by atoms with Crippen LogP contribution in [0.4, 0.5) is 0 Å². The highest BCUT2D eigenvalue weighted by Gasteiger charge is 2.58. The van der Waals surface area contributed by atoms with E-state index in [0.717, 1.165) is 67.1 Å². The highest BCUT2D eigenvalue weighted by molar-refractivity contribution is 5.07. The summed E-state index contributed by atoms with van der Waals surface area (Å²) in [7, 11) is 0. The quantitative estimate of drug-likeness (QED) is 0.751. The van der Waals surface area contributed by atoms with Crippen molar-refractivity contribution >= 4 is 0 Å². The van der Waals surface area contributed by atoms with E-state index in [0.29, 0.717) is 11.3 Å². The van der Waals surface area contributed by atoms with Gasteiger partial charge in [-0.3, -0.25) is 0 Å². The maximum absolute atomic E-state index is 10.9. The second kappa shape index (κ2) is 7.56. The first-order valence-corrected chi connectivity index (χ1v) is 12.8. The van der Waals surface area contributed by atoms with Crippen molar-refractivity contribution in [2.75, 3.05) is 0 Å². The molecule has 0 aliphatic heterocycles. The van der Waals surface area contributed by atoms with Gasteiger partial charge in [-0.05, 0) is 128 Å². The molecule has 1 aromatic rings. The van der Waals surface area contributed by atoms with E-state index in [1.807, 2.05) is 11.6 Å². The molecular weight excluding hydrogens is 372 g/mol. The van der Waals surface area contributed by atoms with E-state index in [-0.39, 0.29) is 5.60 Å². The first kappa shape index (κ1) is 20.9. The molecule has 0 bridgehead atoms. The number of fused-ring (bicyclic) bond motifs is 5. The smallest absolute Gasteiger partial charge is 0.148 e. The summed E-state index contributed by atoms with van der Waals surface area (Å²) >= 11 is 0. The van der Waals surface area contributed by atoms with Crippen LogP contribution in [0, 0.1) is 53.8 Å². The average molecular weight is 415 g/mol. The van der Waals surface area contributed by atoms with Crippen molar-refractivity contribution in [2.45, 2.75) is 104 Å². The van der Waals surface area contributed by atoms with Crippen molar-refractivity contribution in [3.63, 3.8) is 0 Å². The maximum Gasteiger partial charge on any atom is 0.148 e. The fourth-order valence-electron chi connectivity index (χ4n) is 9.08. The van der Waals surface area contributed by atoms with E-state index >= 15 is 0 Å². The molecule has 0 saturated heterocycles. The molecule has 0 aromatic carbocycles. The predicted octanol–water partition coefficient (Wildman–Crippen LogP) is 5.03. The Morgan fingerprint density at radius 2 is 1.87 bits per heavy atom. The number of aryl methyl sites for hydroxylation is 1. The minimum Gasteiger partial charge on any atom is -0.390 e. The van der Waals surface area contributed by atoms with Gasteiger partial charge in [0.2, 0.25) is 0 Å². The van der Waals surface area contributed by atoms with Gasteiger partial charge >= 0.3 is 0 Å². The van der Waals surface area contributed by atoms with Crippen LogP contribution < -0.4 is 0 Å². The van der Waals surface area contributed by atoms with Crippen LogP contribution in [0.3, 0.4) is 0 Å². The van der Waals surface area contributed by atoms with Gasteiger partial charge in [0.25, 0.3) is 0 Å². The SMILES string of the molecule is CC[C@@]1(O)CC[C@H]2[C@@H](CC[C@@H]3[C@@H]2CC[C@]2(C)[C@@H](C(C)Cn4nnnc4C)CC[C@@H]32)C1.